The van der Waals surface area contributed by atoms with Crippen molar-refractivity contribution in [2.75, 3.05) is 44.2 Å². The number of nitrogens with zero attached hydrogens (tertiary/aromatic N) is 6. The van der Waals surface area contributed by atoms with E-state index in [-0.39, 0.29) is 6.04 Å². The average Bonchev–Trinajstić information content (AvgIpc) is 3.14. The number of fused-ring (bicyclic) bond motifs is 1. The van der Waals surface area contributed by atoms with Gasteiger partial charge in [-0.15, -0.1) is 0 Å². The lowest BCUT2D eigenvalue weighted by molar-refractivity contribution is 0.119. The second-order valence-corrected chi connectivity index (χ2v) is 10.7. The number of amides is 1. The summed E-state index contributed by atoms with van der Waals surface area (Å²) in [5.41, 5.74) is 3.32. The minimum Gasteiger partial charge on any atom is -0.465 e. The van der Waals surface area contributed by atoms with Gasteiger partial charge in [-0.3, -0.25) is 0 Å². The molecule has 2 N–H and O–H groups in total. The number of hydrogen-bond acceptors (Lipinski definition) is 6. The van der Waals surface area contributed by atoms with Crippen LogP contribution in [0.4, 0.5) is 10.6 Å². The first-order valence-corrected chi connectivity index (χ1v) is 13.2. The zero-order valence-electron chi connectivity index (χ0n) is 20.5. The maximum Gasteiger partial charge on any atom is 0.404 e. The molecule has 0 radical (unpaired) electrons. The Morgan fingerprint density at radius 3 is 2.81 bits per heavy atom. The number of halogens is 2. The number of piperidine rings is 1. The summed E-state index contributed by atoms with van der Waals surface area (Å²) in [5, 5.41) is 17.2. The largest absolute Gasteiger partial charge is 0.465 e. The van der Waals surface area contributed by atoms with Crippen LogP contribution in [0.3, 0.4) is 0 Å². The van der Waals surface area contributed by atoms with Crippen LogP contribution in [-0.2, 0) is 0 Å². The molecular weight excluding hydrogens is 501 g/mol. The Kier molecular flexibility index (Phi) is 7.23. The molecule has 0 saturated carbocycles. The van der Waals surface area contributed by atoms with Crippen molar-refractivity contribution in [3.05, 3.63) is 45.7 Å². The average molecular weight is 532 g/mol. The number of hydrogen-bond donors (Lipinski definition) is 2. The third-order valence-corrected chi connectivity index (χ3v) is 8.05. The normalized spacial score (nSPS) is 19.9. The summed E-state index contributed by atoms with van der Waals surface area (Å²) >= 11 is 12.6. The monoisotopic (exact) mass is 531 g/mol. The van der Waals surface area contributed by atoms with E-state index in [1.54, 1.807) is 6.07 Å². The standard InChI is InChI=1S/C25H31Cl2N7O2/c1-15-23-24(34(31-15)16(2)20-6-5-19(26)10-21(20)27)30-22(11-29-23)33-13-18(14-33)17-4-3-8-32(12-17)9-7-28-25(35)36/h5-6,10-11,16-18,28H,3-4,7-9,12-14H2,1-2H3,(H,35,36)/t16-,17-/m1/s1. The number of carbonyl (C=O) groups is 1. The smallest absolute Gasteiger partial charge is 0.404 e. The van der Waals surface area contributed by atoms with Crippen molar-refractivity contribution in [1.29, 1.82) is 0 Å². The molecule has 3 aromatic rings. The van der Waals surface area contributed by atoms with Gasteiger partial charge < -0.3 is 20.2 Å². The fourth-order valence-electron chi connectivity index (χ4n) is 5.43. The van der Waals surface area contributed by atoms with Crippen LogP contribution in [0.15, 0.2) is 24.4 Å². The number of carboxylic acid groups (broad SMARTS) is 1. The number of aryl methyl sites for hydroxylation is 1. The highest BCUT2D eigenvalue weighted by molar-refractivity contribution is 6.35. The molecule has 2 saturated heterocycles. The van der Waals surface area contributed by atoms with Crippen LogP contribution < -0.4 is 10.2 Å². The van der Waals surface area contributed by atoms with E-state index in [4.69, 9.17) is 43.4 Å². The zero-order chi connectivity index (χ0) is 25.4. The lowest BCUT2D eigenvalue weighted by atomic mass is 9.80. The molecule has 192 valence electrons. The second-order valence-electron chi connectivity index (χ2n) is 9.87. The lowest BCUT2D eigenvalue weighted by Gasteiger charge is -2.47. The maximum atomic E-state index is 10.7. The Labute approximate surface area is 220 Å². The summed E-state index contributed by atoms with van der Waals surface area (Å²) in [6.45, 7) is 9.21. The third-order valence-electron chi connectivity index (χ3n) is 7.48. The quantitative estimate of drug-likeness (QED) is 0.463. The molecule has 0 aliphatic carbocycles. The van der Waals surface area contributed by atoms with Crippen molar-refractivity contribution in [3.8, 4) is 0 Å². The summed E-state index contributed by atoms with van der Waals surface area (Å²) in [5.74, 6) is 2.10. The van der Waals surface area contributed by atoms with E-state index in [2.05, 4.69) is 22.0 Å². The van der Waals surface area contributed by atoms with E-state index in [9.17, 15) is 4.79 Å². The Balaban J connectivity index is 1.27. The van der Waals surface area contributed by atoms with Gasteiger partial charge >= 0.3 is 6.09 Å². The van der Waals surface area contributed by atoms with Crippen molar-refractivity contribution in [1.82, 2.24) is 30.0 Å². The zero-order valence-corrected chi connectivity index (χ0v) is 22.0. The van der Waals surface area contributed by atoms with Crippen molar-refractivity contribution < 1.29 is 9.90 Å². The molecule has 2 aromatic heterocycles. The third kappa shape index (κ3) is 5.10. The second kappa shape index (κ2) is 10.4. The molecule has 5 rings (SSSR count). The Bertz CT molecular complexity index is 1260. The molecule has 11 heteroatoms. The first-order chi connectivity index (χ1) is 17.3. The van der Waals surface area contributed by atoms with Gasteiger partial charge in [0.15, 0.2) is 5.65 Å². The summed E-state index contributed by atoms with van der Waals surface area (Å²) in [6, 6.07) is 5.40. The van der Waals surface area contributed by atoms with Gasteiger partial charge in [0.05, 0.1) is 17.9 Å². The van der Waals surface area contributed by atoms with Crippen molar-refractivity contribution in [2.45, 2.75) is 32.7 Å². The van der Waals surface area contributed by atoms with Crippen LogP contribution in [-0.4, -0.2) is 75.1 Å². The van der Waals surface area contributed by atoms with Gasteiger partial charge in [-0.2, -0.15) is 5.10 Å². The van der Waals surface area contributed by atoms with E-state index >= 15 is 0 Å². The number of anilines is 1. The van der Waals surface area contributed by atoms with E-state index in [1.165, 1.54) is 6.42 Å². The molecule has 36 heavy (non-hydrogen) atoms. The Hall–Kier alpha value is -2.62. The minimum absolute atomic E-state index is 0.122. The van der Waals surface area contributed by atoms with Crippen molar-refractivity contribution in [2.24, 2.45) is 11.8 Å². The molecule has 4 heterocycles. The fraction of sp³-hybridized carbons (Fsp3) is 0.520. The Morgan fingerprint density at radius 1 is 1.25 bits per heavy atom. The van der Waals surface area contributed by atoms with Gasteiger partial charge in [0.25, 0.3) is 0 Å². The first kappa shape index (κ1) is 25.0. The number of benzene rings is 1. The van der Waals surface area contributed by atoms with Crippen LogP contribution in [0.25, 0.3) is 11.2 Å². The van der Waals surface area contributed by atoms with Crippen LogP contribution in [0.1, 0.15) is 37.1 Å². The van der Waals surface area contributed by atoms with E-state index in [0.717, 1.165) is 67.4 Å². The predicted molar refractivity (Wildman–Crippen MR) is 141 cm³/mol. The topological polar surface area (TPSA) is 99.4 Å². The van der Waals surface area contributed by atoms with Gasteiger partial charge in [-0.1, -0.05) is 29.3 Å². The van der Waals surface area contributed by atoms with Crippen LogP contribution >= 0.6 is 23.2 Å². The van der Waals surface area contributed by atoms with Crippen LogP contribution in [0, 0.1) is 18.8 Å². The molecule has 2 fully saturated rings. The fourth-order valence-corrected chi connectivity index (χ4v) is 6.00. The highest BCUT2D eigenvalue weighted by atomic mass is 35.5. The number of likely N-dealkylation sites (tertiary alicyclic amines) is 1. The van der Waals surface area contributed by atoms with Gasteiger partial charge in [0.2, 0.25) is 0 Å². The summed E-state index contributed by atoms with van der Waals surface area (Å²) in [4.78, 5) is 25.1. The van der Waals surface area contributed by atoms with Crippen molar-refractivity contribution in [3.63, 3.8) is 0 Å². The SMILES string of the molecule is Cc1nn([C@H](C)c2ccc(Cl)cc2Cl)c2nc(N3CC([C@@H]4CCCN(CCNC(=O)O)C4)C3)cnc12. The van der Waals surface area contributed by atoms with Crippen LogP contribution in [0.2, 0.25) is 10.0 Å². The summed E-state index contributed by atoms with van der Waals surface area (Å²) in [7, 11) is 0. The summed E-state index contributed by atoms with van der Waals surface area (Å²) < 4.78 is 1.90. The number of rotatable bonds is 7. The van der Waals surface area contributed by atoms with Gasteiger partial charge in [0, 0.05) is 42.8 Å². The van der Waals surface area contributed by atoms with E-state index in [0.29, 0.717) is 28.4 Å². The molecule has 0 bridgehead atoms. The van der Waals surface area contributed by atoms with E-state index < -0.39 is 6.09 Å². The number of aromatic nitrogens is 4. The Morgan fingerprint density at radius 2 is 2.06 bits per heavy atom. The number of nitrogens with one attached hydrogen (secondary N) is 1. The molecule has 2 atom stereocenters. The lowest BCUT2D eigenvalue weighted by Crippen LogP contribution is -2.54. The minimum atomic E-state index is -0.960. The molecule has 2 aliphatic heterocycles. The first-order valence-electron chi connectivity index (χ1n) is 12.4. The van der Waals surface area contributed by atoms with E-state index in [1.807, 2.05) is 29.9 Å². The summed E-state index contributed by atoms with van der Waals surface area (Å²) in [6.07, 6.45) is 3.27. The van der Waals surface area contributed by atoms with Gasteiger partial charge in [0.1, 0.15) is 11.3 Å². The van der Waals surface area contributed by atoms with Gasteiger partial charge in [-0.25, -0.2) is 19.4 Å². The molecule has 1 aromatic carbocycles. The molecule has 0 unspecified atom stereocenters. The molecule has 2 aliphatic rings. The maximum absolute atomic E-state index is 10.7. The molecular formula is C25H31Cl2N7O2. The van der Waals surface area contributed by atoms with Crippen LogP contribution in [0.5, 0.6) is 0 Å². The highest BCUT2D eigenvalue weighted by Crippen LogP contribution is 2.35. The molecule has 0 spiro atoms. The highest BCUT2D eigenvalue weighted by Gasteiger charge is 2.36. The predicted octanol–water partition coefficient (Wildman–Crippen LogP) is 4.47. The molecule has 1 amide bonds. The van der Waals surface area contributed by atoms with Crippen molar-refractivity contribution >= 4 is 46.3 Å². The molecule has 9 nitrogen and oxygen atoms in total. The van der Waals surface area contributed by atoms with Gasteiger partial charge in [-0.05, 0) is 62.8 Å².